The van der Waals surface area contributed by atoms with Crippen molar-refractivity contribution in [1.82, 2.24) is 0 Å². The largest absolute Gasteiger partial charge is 0.461 e. The summed E-state index contributed by atoms with van der Waals surface area (Å²) >= 11 is 0. The van der Waals surface area contributed by atoms with E-state index in [0.29, 0.717) is 18.4 Å². The third-order valence-electron chi connectivity index (χ3n) is 6.43. The maximum atomic E-state index is 12.3. The van der Waals surface area contributed by atoms with Gasteiger partial charge in [0.15, 0.2) is 0 Å². The minimum Gasteiger partial charge on any atom is -0.461 e. The van der Waals surface area contributed by atoms with Crippen molar-refractivity contribution in [3.63, 3.8) is 0 Å². The van der Waals surface area contributed by atoms with Gasteiger partial charge in [-0.15, -0.1) is 0 Å². The third-order valence-corrected chi connectivity index (χ3v) is 6.43. The number of esters is 1. The molecular formula is C23H30O3. The molecule has 2 heterocycles. The number of fused-ring (bicyclic) bond motifs is 4. The summed E-state index contributed by atoms with van der Waals surface area (Å²) in [6, 6.07) is 8.73. The van der Waals surface area contributed by atoms with Crippen LogP contribution in [0.2, 0.25) is 0 Å². The van der Waals surface area contributed by atoms with Crippen molar-refractivity contribution in [2.24, 2.45) is 5.41 Å². The number of rotatable bonds is 0. The second-order valence-corrected chi connectivity index (χ2v) is 8.31. The normalized spacial score (nSPS) is 30.2. The van der Waals surface area contributed by atoms with Crippen molar-refractivity contribution < 1.29 is 14.3 Å². The van der Waals surface area contributed by atoms with Crippen molar-refractivity contribution >= 4 is 5.97 Å². The van der Waals surface area contributed by atoms with E-state index in [4.69, 9.17) is 9.47 Å². The fraction of sp³-hybridized carbons (Fsp3) is 0.609. The molecule has 1 spiro atoms. The van der Waals surface area contributed by atoms with Crippen LogP contribution in [-0.4, -0.2) is 18.7 Å². The molecule has 1 aromatic rings. The van der Waals surface area contributed by atoms with E-state index in [1.165, 1.54) is 43.2 Å². The number of ether oxygens (including phenoxy) is 2. The molecule has 2 aliphatic heterocycles. The molecule has 1 saturated heterocycles. The minimum absolute atomic E-state index is 0.0165. The van der Waals surface area contributed by atoms with E-state index in [2.05, 4.69) is 30.3 Å². The number of hydrogen-bond donors (Lipinski definition) is 0. The second kappa shape index (κ2) is 7.96. The van der Waals surface area contributed by atoms with Crippen LogP contribution >= 0.6 is 0 Å². The lowest BCUT2D eigenvalue weighted by Gasteiger charge is -2.47. The Kier molecular flexibility index (Phi) is 5.44. The van der Waals surface area contributed by atoms with Crippen LogP contribution in [0.25, 0.3) is 0 Å². The molecule has 3 nitrogen and oxygen atoms in total. The molecule has 1 aromatic carbocycles. The first-order valence-electron chi connectivity index (χ1n) is 10.3. The van der Waals surface area contributed by atoms with Gasteiger partial charge in [-0.25, -0.2) is 0 Å². The number of hydrogen-bond acceptors (Lipinski definition) is 3. The number of aryl methyl sites for hydroxylation is 1. The number of allylic oxidation sites excluding steroid dienone is 1. The highest BCUT2D eigenvalue weighted by molar-refractivity contribution is 5.70. The van der Waals surface area contributed by atoms with Gasteiger partial charge in [-0.3, -0.25) is 4.79 Å². The summed E-state index contributed by atoms with van der Waals surface area (Å²) < 4.78 is 11.9. The van der Waals surface area contributed by atoms with Gasteiger partial charge in [-0.2, -0.15) is 0 Å². The molecule has 2 atom stereocenters. The molecule has 2 fully saturated rings. The molecular weight excluding hydrogens is 324 g/mol. The predicted molar refractivity (Wildman–Crippen MR) is 102 cm³/mol. The molecule has 3 heteroatoms. The molecule has 0 amide bonds. The topological polar surface area (TPSA) is 35.5 Å². The summed E-state index contributed by atoms with van der Waals surface area (Å²) in [6.07, 6.45) is 15.2. The van der Waals surface area contributed by atoms with Crippen LogP contribution in [0.3, 0.4) is 0 Å². The lowest BCUT2D eigenvalue weighted by molar-refractivity contribution is -0.155. The van der Waals surface area contributed by atoms with E-state index in [0.717, 1.165) is 25.7 Å². The van der Waals surface area contributed by atoms with Crippen LogP contribution in [0.4, 0.5) is 0 Å². The first-order chi connectivity index (χ1) is 12.7. The number of carbonyl (C=O) groups is 1. The fourth-order valence-corrected chi connectivity index (χ4v) is 5.19. The predicted octanol–water partition coefficient (Wildman–Crippen LogP) is 5.29. The quantitative estimate of drug-likeness (QED) is 0.469. The second-order valence-electron chi connectivity index (χ2n) is 8.31. The van der Waals surface area contributed by atoms with Crippen LogP contribution in [0, 0.1) is 5.41 Å². The molecule has 26 heavy (non-hydrogen) atoms. The molecule has 2 bridgehead atoms. The molecule has 0 N–H and O–H groups in total. The maximum Gasteiger partial charge on any atom is 0.308 e. The Labute approximate surface area is 156 Å². The van der Waals surface area contributed by atoms with Crippen molar-refractivity contribution in [2.75, 3.05) is 6.61 Å². The smallest absolute Gasteiger partial charge is 0.308 e. The highest BCUT2D eigenvalue weighted by Crippen LogP contribution is 2.52. The monoisotopic (exact) mass is 354 g/mol. The van der Waals surface area contributed by atoms with Crippen LogP contribution in [0.5, 0.6) is 0 Å². The first-order valence-corrected chi connectivity index (χ1v) is 10.3. The zero-order valence-electron chi connectivity index (χ0n) is 15.6. The number of carbonyl (C=O) groups excluding carboxylic acids is 1. The van der Waals surface area contributed by atoms with Crippen LogP contribution in [0.1, 0.15) is 75.0 Å². The van der Waals surface area contributed by atoms with Crippen molar-refractivity contribution in [3.8, 4) is 0 Å². The molecule has 0 unspecified atom stereocenters. The summed E-state index contributed by atoms with van der Waals surface area (Å²) in [7, 11) is 0. The number of benzene rings is 1. The van der Waals surface area contributed by atoms with Gasteiger partial charge >= 0.3 is 5.97 Å². The Hall–Kier alpha value is -1.61. The molecule has 1 saturated carbocycles. The van der Waals surface area contributed by atoms with Gasteiger partial charge in [0.25, 0.3) is 0 Å². The van der Waals surface area contributed by atoms with E-state index < -0.39 is 0 Å². The van der Waals surface area contributed by atoms with Gasteiger partial charge in [0.1, 0.15) is 6.61 Å². The van der Waals surface area contributed by atoms with Crippen LogP contribution in [-0.2, 0) is 20.7 Å². The Bertz CT molecular complexity index is 657. The van der Waals surface area contributed by atoms with Gasteiger partial charge in [-0.1, -0.05) is 55.7 Å². The Morgan fingerprint density at radius 1 is 1.00 bits per heavy atom. The summed E-state index contributed by atoms with van der Waals surface area (Å²) in [4.78, 5) is 12.3. The molecule has 0 radical (unpaired) electrons. The lowest BCUT2D eigenvalue weighted by Crippen LogP contribution is -2.39. The summed E-state index contributed by atoms with van der Waals surface area (Å²) in [5, 5.41) is 0. The minimum atomic E-state index is -0.126. The third kappa shape index (κ3) is 4.03. The van der Waals surface area contributed by atoms with E-state index in [1.54, 1.807) is 0 Å². The van der Waals surface area contributed by atoms with Gasteiger partial charge in [0, 0.05) is 0 Å². The van der Waals surface area contributed by atoms with Gasteiger partial charge in [-0.05, 0) is 55.1 Å². The van der Waals surface area contributed by atoms with Crippen LogP contribution in [0.15, 0.2) is 36.4 Å². The summed E-state index contributed by atoms with van der Waals surface area (Å²) in [5.41, 5.74) is 3.07. The molecule has 3 aliphatic rings. The standard InChI is InChI=1S/C23H30O3/c24-22-15-19-16-23(12-6-2-7-13-23)17-21(26-19)20-11-5-4-10-18(20)9-3-1-8-14-25-22/h1,4-5,8,10-11,19,21H,2-3,6-7,9,12-17H2/b8-1+/t19-,21-/m0/s1. The highest BCUT2D eigenvalue weighted by atomic mass is 16.5. The number of cyclic esters (lactones) is 1. The van der Waals surface area contributed by atoms with Gasteiger partial charge in [0.2, 0.25) is 0 Å². The molecule has 4 rings (SSSR count). The van der Waals surface area contributed by atoms with Crippen LogP contribution < -0.4 is 0 Å². The van der Waals surface area contributed by atoms with E-state index in [9.17, 15) is 4.79 Å². The molecule has 0 aromatic heterocycles. The highest BCUT2D eigenvalue weighted by Gasteiger charge is 2.43. The zero-order valence-corrected chi connectivity index (χ0v) is 15.6. The average molecular weight is 354 g/mol. The van der Waals surface area contributed by atoms with Crippen molar-refractivity contribution in [3.05, 3.63) is 47.5 Å². The Morgan fingerprint density at radius 3 is 2.73 bits per heavy atom. The van der Waals surface area contributed by atoms with E-state index >= 15 is 0 Å². The molecule has 1 aliphatic carbocycles. The maximum absolute atomic E-state index is 12.3. The zero-order chi connectivity index (χ0) is 17.8. The summed E-state index contributed by atoms with van der Waals surface area (Å²) in [6.45, 7) is 0.377. The first kappa shape index (κ1) is 17.8. The Balaban J connectivity index is 1.66. The lowest BCUT2D eigenvalue weighted by atomic mass is 9.65. The SMILES string of the molecule is O=C1C[C@H]2CC3(CCCCC3)C[C@H](O2)c2ccccc2CC/C=C/CO1. The Morgan fingerprint density at radius 2 is 1.85 bits per heavy atom. The van der Waals surface area contributed by atoms with Crippen molar-refractivity contribution in [1.29, 1.82) is 0 Å². The van der Waals surface area contributed by atoms with E-state index in [-0.39, 0.29) is 18.2 Å². The molecule has 140 valence electrons. The fourth-order valence-electron chi connectivity index (χ4n) is 5.19. The average Bonchev–Trinajstić information content (AvgIpc) is 2.65. The van der Waals surface area contributed by atoms with Gasteiger partial charge < -0.3 is 9.47 Å². The van der Waals surface area contributed by atoms with E-state index in [1.807, 2.05) is 6.08 Å². The van der Waals surface area contributed by atoms with Crippen molar-refractivity contribution in [2.45, 2.75) is 76.4 Å². The summed E-state index contributed by atoms with van der Waals surface area (Å²) in [5.74, 6) is -0.126. The van der Waals surface area contributed by atoms with Gasteiger partial charge in [0.05, 0.1) is 18.6 Å².